The molecule has 0 aliphatic carbocycles. The maximum atomic E-state index is 8.97. The van der Waals surface area contributed by atoms with E-state index in [2.05, 4.69) is 30.0 Å². The SMILES string of the molecule is Cc1cc2ccccc2nc1N1CCOC(C#N)C1. The van der Waals surface area contributed by atoms with Crippen LogP contribution in [0.3, 0.4) is 0 Å². The highest BCUT2D eigenvalue weighted by Crippen LogP contribution is 2.24. The second kappa shape index (κ2) is 4.87. The number of para-hydroxylation sites is 1. The standard InChI is InChI=1S/C15H15N3O/c1-11-8-12-4-2-3-5-14(12)17-15(11)18-6-7-19-13(9-16)10-18/h2-5,8,13H,6-7,10H2,1H3. The summed E-state index contributed by atoms with van der Waals surface area (Å²) in [5, 5.41) is 10.1. The summed E-state index contributed by atoms with van der Waals surface area (Å²) < 4.78 is 5.38. The second-order valence-corrected chi connectivity index (χ2v) is 4.76. The number of nitrogens with zero attached hydrogens (tertiary/aromatic N) is 3. The van der Waals surface area contributed by atoms with Crippen molar-refractivity contribution >= 4 is 16.7 Å². The zero-order chi connectivity index (χ0) is 13.2. The molecular weight excluding hydrogens is 238 g/mol. The minimum atomic E-state index is -0.360. The lowest BCUT2D eigenvalue weighted by Gasteiger charge is -2.31. The van der Waals surface area contributed by atoms with E-state index >= 15 is 0 Å². The molecule has 0 N–H and O–H groups in total. The summed E-state index contributed by atoms with van der Waals surface area (Å²) in [7, 11) is 0. The zero-order valence-corrected chi connectivity index (χ0v) is 10.8. The van der Waals surface area contributed by atoms with Crippen LogP contribution in [0.5, 0.6) is 0 Å². The molecule has 1 aromatic carbocycles. The Kier molecular flexibility index (Phi) is 3.06. The smallest absolute Gasteiger partial charge is 0.161 e. The Morgan fingerprint density at radius 1 is 1.42 bits per heavy atom. The summed E-state index contributed by atoms with van der Waals surface area (Å²) in [6.07, 6.45) is -0.360. The number of morpholine rings is 1. The predicted octanol–water partition coefficient (Wildman–Crippen LogP) is 2.27. The number of ether oxygens (including phenoxy) is 1. The number of rotatable bonds is 1. The lowest BCUT2D eigenvalue weighted by Crippen LogP contribution is -2.42. The first kappa shape index (κ1) is 11.9. The van der Waals surface area contributed by atoms with Crippen molar-refractivity contribution in [2.75, 3.05) is 24.6 Å². The van der Waals surface area contributed by atoms with E-state index in [-0.39, 0.29) is 6.10 Å². The highest BCUT2D eigenvalue weighted by Gasteiger charge is 2.22. The fourth-order valence-corrected chi connectivity index (χ4v) is 2.45. The molecule has 1 unspecified atom stereocenters. The number of hydrogen-bond donors (Lipinski definition) is 0. The summed E-state index contributed by atoms with van der Waals surface area (Å²) in [5.41, 5.74) is 2.13. The average molecular weight is 253 g/mol. The molecule has 1 aliphatic rings. The monoisotopic (exact) mass is 253 g/mol. The van der Waals surface area contributed by atoms with Gasteiger partial charge in [0.15, 0.2) is 6.10 Å². The fourth-order valence-electron chi connectivity index (χ4n) is 2.45. The van der Waals surface area contributed by atoms with E-state index in [1.807, 2.05) is 18.2 Å². The quantitative estimate of drug-likeness (QED) is 0.782. The third-order valence-electron chi connectivity index (χ3n) is 3.40. The van der Waals surface area contributed by atoms with E-state index in [1.165, 1.54) is 0 Å². The third-order valence-corrected chi connectivity index (χ3v) is 3.40. The van der Waals surface area contributed by atoms with Crippen LogP contribution in [0.1, 0.15) is 5.56 Å². The van der Waals surface area contributed by atoms with Crippen molar-refractivity contribution in [3.05, 3.63) is 35.9 Å². The minimum absolute atomic E-state index is 0.360. The molecule has 96 valence electrons. The van der Waals surface area contributed by atoms with E-state index in [4.69, 9.17) is 15.0 Å². The van der Waals surface area contributed by atoms with Crippen molar-refractivity contribution in [2.45, 2.75) is 13.0 Å². The lowest BCUT2D eigenvalue weighted by atomic mass is 10.1. The van der Waals surface area contributed by atoms with Gasteiger partial charge in [-0.15, -0.1) is 0 Å². The number of fused-ring (bicyclic) bond motifs is 1. The maximum Gasteiger partial charge on any atom is 0.161 e. The van der Waals surface area contributed by atoms with Crippen molar-refractivity contribution in [1.82, 2.24) is 4.98 Å². The van der Waals surface area contributed by atoms with Gasteiger partial charge < -0.3 is 9.64 Å². The molecule has 2 aromatic rings. The number of anilines is 1. The molecule has 1 fully saturated rings. The van der Waals surface area contributed by atoms with Crippen LogP contribution in [-0.2, 0) is 4.74 Å². The Balaban J connectivity index is 2.00. The number of pyridine rings is 1. The highest BCUT2D eigenvalue weighted by atomic mass is 16.5. The molecule has 1 saturated heterocycles. The Labute approximate surface area is 112 Å². The van der Waals surface area contributed by atoms with Crippen molar-refractivity contribution in [2.24, 2.45) is 0 Å². The largest absolute Gasteiger partial charge is 0.360 e. The van der Waals surface area contributed by atoms with Gasteiger partial charge in [-0.3, -0.25) is 0 Å². The zero-order valence-electron chi connectivity index (χ0n) is 10.8. The van der Waals surface area contributed by atoms with Crippen molar-refractivity contribution in [3.63, 3.8) is 0 Å². The summed E-state index contributed by atoms with van der Waals surface area (Å²) >= 11 is 0. The van der Waals surface area contributed by atoms with Crippen molar-refractivity contribution in [1.29, 1.82) is 5.26 Å². The Morgan fingerprint density at radius 2 is 2.26 bits per heavy atom. The van der Waals surface area contributed by atoms with Crippen LogP contribution in [-0.4, -0.2) is 30.8 Å². The van der Waals surface area contributed by atoms with Crippen LogP contribution in [0.25, 0.3) is 10.9 Å². The molecule has 4 nitrogen and oxygen atoms in total. The Hall–Kier alpha value is -2.12. The van der Waals surface area contributed by atoms with Gasteiger partial charge in [-0.25, -0.2) is 4.98 Å². The number of benzene rings is 1. The molecule has 1 atom stereocenters. The van der Waals surface area contributed by atoms with E-state index in [1.54, 1.807) is 0 Å². The van der Waals surface area contributed by atoms with E-state index < -0.39 is 0 Å². The third kappa shape index (κ3) is 2.25. The molecule has 0 saturated carbocycles. The highest BCUT2D eigenvalue weighted by molar-refractivity contribution is 5.81. The van der Waals surface area contributed by atoms with Crippen LogP contribution >= 0.6 is 0 Å². The predicted molar refractivity (Wildman–Crippen MR) is 74.0 cm³/mol. The van der Waals surface area contributed by atoms with Gasteiger partial charge in [0, 0.05) is 11.9 Å². The van der Waals surface area contributed by atoms with E-state index in [9.17, 15) is 0 Å². The average Bonchev–Trinajstić information content (AvgIpc) is 2.46. The molecule has 0 spiro atoms. The summed E-state index contributed by atoms with van der Waals surface area (Å²) in [6, 6.07) is 12.4. The summed E-state index contributed by atoms with van der Waals surface area (Å²) in [4.78, 5) is 6.87. The van der Waals surface area contributed by atoms with Gasteiger partial charge >= 0.3 is 0 Å². The molecule has 4 heteroatoms. The van der Waals surface area contributed by atoms with Crippen LogP contribution in [0.15, 0.2) is 30.3 Å². The first-order chi connectivity index (χ1) is 9.28. The van der Waals surface area contributed by atoms with Crippen LogP contribution in [0.2, 0.25) is 0 Å². The number of nitriles is 1. The van der Waals surface area contributed by atoms with Crippen molar-refractivity contribution < 1.29 is 4.74 Å². The van der Waals surface area contributed by atoms with Crippen LogP contribution < -0.4 is 4.90 Å². The first-order valence-electron chi connectivity index (χ1n) is 6.40. The molecule has 1 aromatic heterocycles. The first-order valence-corrected chi connectivity index (χ1v) is 6.40. The van der Waals surface area contributed by atoms with Gasteiger partial charge in [0.25, 0.3) is 0 Å². The molecule has 0 radical (unpaired) electrons. The molecule has 0 bridgehead atoms. The van der Waals surface area contributed by atoms with Gasteiger partial charge in [0.1, 0.15) is 5.82 Å². The molecule has 3 rings (SSSR count). The van der Waals surface area contributed by atoms with Gasteiger partial charge in [0.2, 0.25) is 0 Å². The Bertz CT molecular complexity index is 647. The summed E-state index contributed by atoms with van der Waals surface area (Å²) in [5.74, 6) is 0.960. The fraction of sp³-hybridized carbons (Fsp3) is 0.333. The number of aromatic nitrogens is 1. The molecular formula is C15H15N3O. The number of aryl methyl sites for hydroxylation is 1. The van der Waals surface area contributed by atoms with Crippen LogP contribution in [0, 0.1) is 18.3 Å². The van der Waals surface area contributed by atoms with Gasteiger partial charge in [-0.05, 0) is 24.6 Å². The normalized spacial score (nSPS) is 19.4. The van der Waals surface area contributed by atoms with Crippen molar-refractivity contribution in [3.8, 4) is 6.07 Å². The van der Waals surface area contributed by atoms with Crippen LogP contribution in [0.4, 0.5) is 5.82 Å². The summed E-state index contributed by atoms with van der Waals surface area (Å²) in [6.45, 7) is 4.00. The molecule has 1 aliphatic heterocycles. The Morgan fingerprint density at radius 3 is 3.11 bits per heavy atom. The minimum Gasteiger partial charge on any atom is -0.360 e. The maximum absolute atomic E-state index is 8.97. The number of hydrogen-bond acceptors (Lipinski definition) is 4. The topological polar surface area (TPSA) is 49.2 Å². The van der Waals surface area contributed by atoms with Gasteiger partial charge in [0.05, 0.1) is 24.7 Å². The molecule has 19 heavy (non-hydrogen) atoms. The second-order valence-electron chi connectivity index (χ2n) is 4.76. The van der Waals surface area contributed by atoms with E-state index in [0.29, 0.717) is 13.2 Å². The van der Waals surface area contributed by atoms with E-state index in [0.717, 1.165) is 28.8 Å². The lowest BCUT2D eigenvalue weighted by molar-refractivity contribution is 0.0761. The van der Waals surface area contributed by atoms with Gasteiger partial charge in [-0.1, -0.05) is 18.2 Å². The molecule has 0 amide bonds. The van der Waals surface area contributed by atoms with Gasteiger partial charge in [-0.2, -0.15) is 5.26 Å². The molecule has 2 heterocycles.